The van der Waals surface area contributed by atoms with Crippen molar-refractivity contribution in [1.82, 2.24) is 0 Å². The van der Waals surface area contributed by atoms with Crippen molar-refractivity contribution in [2.75, 3.05) is 4.90 Å². The Labute approximate surface area is 325 Å². The van der Waals surface area contributed by atoms with Crippen molar-refractivity contribution in [1.29, 1.82) is 0 Å². The fraction of sp³-hybridized carbons (Fsp3) is 0. The van der Waals surface area contributed by atoms with Gasteiger partial charge in [-0.25, -0.2) is 0 Å². The molecule has 1 heterocycles. The average Bonchev–Trinajstić information content (AvgIpc) is 3.66. The first-order chi connectivity index (χ1) is 27.7. The van der Waals surface area contributed by atoms with Gasteiger partial charge in [0.15, 0.2) is 0 Å². The number of hydrogen-bond acceptors (Lipinski definition) is 2. The van der Waals surface area contributed by atoms with Gasteiger partial charge in [-0.15, -0.1) is 0 Å². The first-order valence-corrected chi connectivity index (χ1v) is 19.2. The van der Waals surface area contributed by atoms with Crippen LogP contribution in [0, 0.1) is 0 Å². The van der Waals surface area contributed by atoms with Crippen LogP contribution in [0.2, 0.25) is 0 Å². The lowest BCUT2D eigenvalue weighted by molar-refractivity contribution is 0.669. The lowest BCUT2D eigenvalue weighted by Crippen LogP contribution is -2.10. The molecule has 0 atom stereocenters. The Morgan fingerprint density at radius 2 is 0.839 bits per heavy atom. The van der Waals surface area contributed by atoms with Crippen LogP contribution in [-0.4, -0.2) is 0 Å². The molecule has 0 aliphatic carbocycles. The standard InChI is InChI=1S/C54H35NO/c1-3-18-46-36(11-1)13-9-21-48(46)38-27-30-43(31-28-38)55(45-17-8-15-41(35-45)50-22-10-24-53-54(50)51-20-5-6-23-52(51)56-53)44-16-7-14-39(34-44)40-29-32-49-42(33-40)26-25-37-12-2-4-19-47(37)49/h1-35H. The summed E-state index contributed by atoms with van der Waals surface area (Å²) in [5.74, 6) is 0. The van der Waals surface area contributed by atoms with Gasteiger partial charge in [0.2, 0.25) is 0 Å². The van der Waals surface area contributed by atoms with Crippen LogP contribution in [0.1, 0.15) is 0 Å². The molecule has 0 aliphatic rings. The number of rotatable bonds is 6. The third-order valence-electron chi connectivity index (χ3n) is 11.2. The lowest BCUT2D eigenvalue weighted by atomic mass is 9.96. The van der Waals surface area contributed by atoms with E-state index in [1.54, 1.807) is 0 Å². The van der Waals surface area contributed by atoms with Crippen molar-refractivity contribution >= 4 is 71.3 Å². The minimum absolute atomic E-state index is 0.895. The molecule has 0 bridgehead atoms. The van der Waals surface area contributed by atoms with E-state index in [4.69, 9.17) is 4.42 Å². The van der Waals surface area contributed by atoms with Gasteiger partial charge in [0.1, 0.15) is 11.2 Å². The van der Waals surface area contributed by atoms with Gasteiger partial charge in [0.05, 0.1) is 0 Å². The second-order valence-electron chi connectivity index (χ2n) is 14.5. The largest absolute Gasteiger partial charge is 0.456 e. The Kier molecular flexibility index (Phi) is 7.53. The molecule has 10 aromatic carbocycles. The second-order valence-corrected chi connectivity index (χ2v) is 14.5. The van der Waals surface area contributed by atoms with E-state index in [0.717, 1.165) is 50.1 Å². The maximum Gasteiger partial charge on any atom is 0.136 e. The van der Waals surface area contributed by atoms with Gasteiger partial charge in [0, 0.05) is 27.8 Å². The molecular formula is C54H35NO. The van der Waals surface area contributed by atoms with Gasteiger partial charge in [0.25, 0.3) is 0 Å². The van der Waals surface area contributed by atoms with Crippen LogP contribution in [0.5, 0.6) is 0 Å². The number of nitrogens with zero attached hydrogens (tertiary/aromatic N) is 1. The molecule has 262 valence electrons. The quantitative estimate of drug-likeness (QED) is 0.160. The summed E-state index contributed by atoms with van der Waals surface area (Å²) in [7, 11) is 0. The molecule has 11 aromatic rings. The Bertz CT molecular complexity index is 3260. The molecule has 0 saturated heterocycles. The summed E-state index contributed by atoms with van der Waals surface area (Å²) in [5, 5.41) is 9.81. The molecule has 0 spiro atoms. The summed E-state index contributed by atoms with van der Waals surface area (Å²) in [6.07, 6.45) is 0. The van der Waals surface area contributed by atoms with Gasteiger partial charge in [-0.3, -0.25) is 0 Å². The van der Waals surface area contributed by atoms with Crippen LogP contribution >= 0.6 is 0 Å². The van der Waals surface area contributed by atoms with E-state index in [1.807, 2.05) is 12.1 Å². The fourth-order valence-electron chi connectivity index (χ4n) is 8.56. The molecule has 2 heteroatoms. The van der Waals surface area contributed by atoms with Crippen LogP contribution in [0.25, 0.3) is 87.6 Å². The molecule has 0 fully saturated rings. The van der Waals surface area contributed by atoms with Crippen molar-refractivity contribution < 1.29 is 4.42 Å². The van der Waals surface area contributed by atoms with Gasteiger partial charge in [-0.1, -0.05) is 158 Å². The van der Waals surface area contributed by atoms with E-state index < -0.39 is 0 Å². The minimum atomic E-state index is 0.895. The zero-order valence-electron chi connectivity index (χ0n) is 30.6. The molecule has 0 N–H and O–H groups in total. The van der Waals surface area contributed by atoms with Crippen LogP contribution in [0.3, 0.4) is 0 Å². The molecule has 1 aromatic heterocycles. The number of hydrogen-bond donors (Lipinski definition) is 0. The third-order valence-corrected chi connectivity index (χ3v) is 11.2. The van der Waals surface area contributed by atoms with Crippen molar-refractivity contribution in [2.24, 2.45) is 0 Å². The van der Waals surface area contributed by atoms with E-state index in [2.05, 4.69) is 205 Å². The highest BCUT2D eigenvalue weighted by Gasteiger charge is 2.18. The van der Waals surface area contributed by atoms with Crippen molar-refractivity contribution in [3.63, 3.8) is 0 Å². The highest BCUT2D eigenvalue weighted by atomic mass is 16.3. The summed E-state index contributed by atoms with van der Waals surface area (Å²) in [5.41, 5.74) is 12.1. The first-order valence-electron chi connectivity index (χ1n) is 19.2. The zero-order valence-corrected chi connectivity index (χ0v) is 30.6. The molecule has 11 rings (SSSR count). The predicted molar refractivity (Wildman–Crippen MR) is 237 cm³/mol. The molecule has 56 heavy (non-hydrogen) atoms. The Balaban J connectivity index is 1.06. The van der Waals surface area contributed by atoms with E-state index in [9.17, 15) is 0 Å². The molecule has 0 aliphatic heterocycles. The summed E-state index contributed by atoms with van der Waals surface area (Å²) in [4.78, 5) is 2.38. The molecule has 0 unspecified atom stereocenters. The Morgan fingerprint density at radius 3 is 1.68 bits per heavy atom. The Morgan fingerprint density at radius 1 is 0.286 bits per heavy atom. The van der Waals surface area contributed by atoms with E-state index in [1.165, 1.54) is 54.6 Å². The van der Waals surface area contributed by atoms with Gasteiger partial charge < -0.3 is 9.32 Å². The monoisotopic (exact) mass is 713 g/mol. The van der Waals surface area contributed by atoms with Crippen molar-refractivity contribution in [3.8, 4) is 33.4 Å². The maximum atomic E-state index is 6.30. The smallest absolute Gasteiger partial charge is 0.136 e. The van der Waals surface area contributed by atoms with Crippen molar-refractivity contribution in [2.45, 2.75) is 0 Å². The van der Waals surface area contributed by atoms with Gasteiger partial charge in [-0.2, -0.15) is 0 Å². The number of furan rings is 1. The SMILES string of the molecule is c1cc(-c2ccc3c(ccc4ccccc43)c2)cc(N(c2ccc(-c3cccc4ccccc34)cc2)c2cccc(-c3cccc4oc5ccccc5c34)c2)c1. The Hall–Kier alpha value is -7.42. The maximum absolute atomic E-state index is 6.30. The summed E-state index contributed by atoms with van der Waals surface area (Å²) in [6.45, 7) is 0. The lowest BCUT2D eigenvalue weighted by Gasteiger charge is -2.27. The minimum Gasteiger partial charge on any atom is -0.456 e. The number of anilines is 3. The zero-order chi connectivity index (χ0) is 37.0. The first kappa shape index (κ1) is 32.0. The van der Waals surface area contributed by atoms with Crippen molar-refractivity contribution in [3.05, 3.63) is 212 Å². The highest BCUT2D eigenvalue weighted by Crippen LogP contribution is 2.42. The number of para-hydroxylation sites is 1. The van der Waals surface area contributed by atoms with E-state index >= 15 is 0 Å². The molecule has 2 nitrogen and oxygen atoms in total. The molecule has 0 saturated carbocycles. The molecule has 0 radical (unpaired) electrons. The third kappa shape index (κ3) is 5.42. The highest BCUT2D eigenvalue weighted by molar-refractivity contribution is 6.13. The van der Waals surface area contributed by atoms with E-state index in [-0.39, 0.29) is 0 Å². The fourth-order valence-corrected chi connectivity index (χ4v) is 8.56. The van der Waals surface area contributed by atoms with Crippen LogP contribution in [-0.2, 0) is 0 Å². The van der Waals surface area contributed by atoms with Gasteiger partial charge >= 0.3 is 0 Å². The van der Waals surface area contributed by atoms with Gasteiger partial charge in [-0.05, 0) is 120 Å². The predicted octanol–water partition coefficient (Wildman–Crippen LogP) is 15.5. The number of benzene rings is 10. The summed E-state index contributed by atoms with van der Waals surface area (Å²) >= 11 is 0. The summed E-state index contributed by atoms with van der Waals surface area (Å²) in [6, 6.07) is 76.6. The second kappa shape index (κ2) is 13.2. The normalized spacial score (nSPS) is 11.6. The number of fused-ring (bicyclic) bond motifs is 7. The molecular weight excluding hydrogens is 679 g/mol. The van der Waals surface area contributed by atoms with Crippen LogP contribution < -0.4 is 4.90 Å². The van der Waals surface area contributed by atoms with Crippen LogP contribution in [0.4, 0.5) is 17.1 Å². The summed E-state index contributed by atoms with van der Waals surface area (Å²) < 4.78 is 6.30. The van der Waals surface area contributed by atoms with Crippen LogP contribution in [0.15, 0.2) is 217 Å². The van der Waals surface area contributed by atoms with E-state index in [0.29, 0.717) is 0 Å². The topological polar surface area (TPSA) is 16.4 Å². The average molecular weight is 714 g/mol. The molecule has 0 amide bonds.